The molecule has 0 unspecified atom stereocenters. The lowest BCUT2D eigenvalue weighted by Gasteiger charge is -2.37. The molecule has 6 nitrogen and oxygen atoms in total. The lowest BCUT2D eigenvalue weighted by Crippen LogP contribution is -2.54. The highest BCUT2D eigenvalue weighted by atomic mass is 28.4. The van der Waals surface area contributed by atoms with Crippen LogP contribution in [0.25, 0.3) is 0 Å². The molecular formula is C20H24O6Si. The van der Waals surface area contributed by atoms with Gasteiger partial charge in [0.15, 0.2) is 23.0 Å². The van der Waals surface area contributed by atoms with E-state index in [0.717, 1.165) is 23.0 Å². The van der Waals surface area contributed by atoms with Crippen LogP contribution in [0.2, 0.25) is 11.1 Å². The molecule has 0 atom stereocenters. The standard InChI is InChI=1S/C20H24O6Si/c1-13(2)27(14(3)4,25-15-5-7-17-19(9-15)23-11-21-17)26-16-6-8-18-20(10-16)24-12-22-18/h5-10,13-14H,11-12H2,1-4H3. The van der Waals surface area contributed by atoms with E-state index in [0.29, 0.717) is 11.5 Å². The highest BCUT2D eigenvalue weighted by molar-refractivity contribution is 6.71. The van der Waals surface area contributed by atoms with Crippen molar-refractivity contribution in [1.82, 2.24) is 0 Å². The number of fused-ring (bicyclic) bond motifs is 2. The number of hydrogen-bond acceptors (Lipinski definition) is 6. The van der Waals surface area contributed by atoms with E-state index in [1.165, 1.54) is 0 Å². The molecule has 2 aliphatic heterocycles. The van der Waals surface area contributed by atoms with E-state index in [1.54, 1.807) is 0 Å². The van der Waals surface area contributed by atoms with E-state index in [4.69, 9.17) is 27.8 Å². The molecule has 0 radical (unpaired) electrons. The number of hydrogen-bond donors (Lipinski definition) is 0. The van der Waals surface area contributed by atoms with Gasteiger partial charge in [0.2, 0.25) is 13.6 Å². The smallest absolute Gasteiger partial charge is 0.465 e. The van der Waals surface area contributed by atoms with Gasteiger partial charge in [0.25, 0.3) is 0 Å². The molecule has 0 spiro atoms. The Hall–Kier alpha value is -2.54. The van der Waals surface area contributed by atoms with E-state index < -0.39 is 8.56 Å². The largest absolute Gasteiger partial charge is 0.511 e. The SMILES string of the molecule is CC(C)[Si](Oc1ccc2c(c1)OCO2)(Oc1ccc2c(c1)OCO2)C(C)C. The molecular weight excluding hydrogens is 364 g/mol. The summed E-state index contributed by atoms with van der Waals surface area (Å²) in [6.07, 6.45) is 0. The Bertz CT molecular complexity index is 766. The van der Waals surface area contributed by atoms with E-state index in [9.17, 15) is 0 Å². The molecule has 2 aromatic rings. The van der Waals surface area contributed by atoms with Gasteiger partial charge in [-0.25, -0.2) is 0 Å². The first kappa shape index (κ1) is 17.9. The van der Waals surface area contributed by atoms with Gasteiger partial charge < -0.3 is 27.8 Å². The molecule has 0 saturated heterocycles. The number of ether oxygens (including phenoxy) is 4. The predicted molar refractivity (Wildman–Crippen MR) is 102 cm³/mol. The monoisotopic (exact) mass is 388 g/mol. The topological polar surface area (TPSA) is 55.4 Å². The van der Waals surface area contributed by atoms with Crippen molar-refractivity contribution in [2.24, 2.45) is 0 Å². The van der Waals surface area contributed by atoms with E-state index in [1.807, 2.05) is 36.4 Å². The van der Waals surface area contributed by atoms with Crippen LogP contribution in [0.4, 0.5) is 0 Å². The van der Waals surface area contributed by atoms with Gasteiger partial charge in [-0.05, 0) is 24.3 Å². The minimum Gasteiger partial charge on any atom is -0.511 e. The van der Waals surface area contributed by atoms with Gasteiger partial charge in [-0.15, -0.1) is 0 Å². The minimum absolute atomic E-state index is 0.216. The van der Waals surface area contributed by atoms with Crippen molar-refractivity contribution >= 4 is 8.56 Å². The molecule has 27 heavy (non-hydrogen) atoms. The molecule has 7 heteroatoms. The van der Waals surface area contributed by atoms with Crippen molar-refractivity contribution in [2.75, 3.05) is 13.6 Å². The van der Waals surface area contributed by atoms with Gasteiger partial charge in [-0.3, -0.25) is 0 Å². The zero-order valence-electron chi connectivity index (χ0n) is 16.0. The molecule has 0 fully saturated rings. The van der Waals surface area contributed by atoms with Gasteiger partial charge in [0.1, 0.15) is 11.5 Å². The average Bonchev–Trinajstić information content (AvgIpc) is 3.28. The Labute approximate surface area is 160 Å². The van der Waals surface area contributed by atoms with Crippen LogP contribution in [0.5, 0.6) is 34.5 Å². The fraction of sp³-hybridized carbons (Fsp3) is 0.400. The van der Waals surface area contributed by atoms with Gasteiger partial charge in [-0.1, -0.05) is 27.7 Å². The molecule has 2 aromatic carbocycles. The van der Waals surface area contributed by atoms with Gasteiger partial charge >= 0.3 is 8.56 Å². The van der Waals surface area contributed by atoms with Gasteiger partial charge in [-0.2, -0.15) is 0 Å². The summed E-state index contributed by atoms with van der Waals surface area (Å²) < 4.78 is 34.9. The summed E-state index contributed by atoms with van der Waals surface area (Å²) >= 11 is 0. The Morgan fingerprint density at radius 1 is 0.667 bits per heavy atom. The first-order valence-corrected chi connectivity index (χ1v) is 11.1. The summed E-state index contributed by atoms with van der Waals surface area (Å²) in [6, 6.07) is 11.3. The van der Waals surface area contributed by atoms with Crippen molar-refractivity contribution < 1.29 is 27.8 Å². The van der Waals surface area contributed by atoms with E-state index in [-0.39, 0.29) is 24.7 Å². The molecule has 2 aliphatic rings. The first-order chi connectivity index (χ1) is 13.0. The van der Waals surface area contributed by atoms with Crippen LogP contribution in [0.3, 0.4) is 0 Å². The Balaban J connectivity index is 1.65. The third kappa shape index (κ3) is 3.27. The van der Waals surface area contributed by atoms with Crippen LogP contribution in [-0.2, 0) is 0 Å². The first-order valence-electron chi connectivity index (χ1n) is 9.15. The quantitative estimate of drug-likeness (QED) is 0.659. The summed E-state index contributed by atoms with van der Waals surface area (Å²) in [5, 5.41) is 0. The van der Waals surface area contributed by atoms with Crippen LogP contribution in [-0.4, -0.2) is 22.1 Å². The van der Waals surface area contributed by atoms with Crippen LogP contribution in [0.15, 0.2) is 36.4 Å². The van der Waals surface area contributed by atoms with Crippen molar-refractivity contribution in [3.05, 3.63) is 36.4 Å². The zero-order valence-corrected chi connectivity index (χ0v) is 17.0. The predicted octanol–water partition coefficient (Wildman–Crippen LogP) is 4.86. The average molecular weight is 388 g/mol. The van der Waals surface area contributed by atoms with Crippen LogP contribution in [0.1, 0.15) is 27.7 Å². The summed E-state index contributed by atoms with van der Waals surface area (Å²) in [5.41, 5.74) is 0.432. The molecule has 0 aromatic heterocycles. The van der Waals surface area contributed by atoms with Crippen LogP contribution >= 0.6 is 0 Å². The molecule has 4 rings (SSSR count). The van der Waals surface area contributed by atoms with E-state index >= 15 is 0 Å². The van der Waals surface area contributed by atoms with Crippen molar-refractivity contribution in [2.45, 2.75) is 38.8 Å². The molecule has 144 valence electrons. The van der Waals surface area contributed by atoms with Crippen LogP contribution in [0, 0.1) is 0 Å². The maximum atomic E-state index is 6.58. The summed E-state index contributed by atoms with van der Waals surface area (Å²) in [5.74, 6) is 4.33. The van der Waals surface area contributed by atoms with Gasteiger partial charge in [0, 0.05) is 23.2 Å². The summed E-state index contributed by atoms with van der Waals surface area (Å²) in [6.45, 7) is 9.06. The third-order valence-electron chi connectivity index (χ3n) is 4.85. The lowest BCUT2D eigenvalue weighted by molar-refractivity contribution is 0.173. The fourth-order valence-corrected chi connectivity index (χ4v) is 6.72. The number of benzene rings is 2. The Morgan fingerprint density at radius 3 is 1.48 bits per heavy atom. The highest BCUT2D eigenvalue weighted by Crippen LogP contribution is 2.42. The summed E-state index contributed by atoms with van der Waals surface area (Å²) in [7, 11) is -2.69. The fourth-order valence-electron chi connectivity index (χ4n) is 3.41. The van der Waals surface area contributed by atoms with Crippen LogP contribution < -0.4 is 27.8 Å². The van der Waals surface area contributed by atoms with Crippen molar-refractivity contribution in [3.8, 4) is 34.5 Å². The second-order valence-electron chi connectivity index (χ2n) is 7.27. The number of rotatable bonds is 6. The maximum Gasteiger partial charge on any atom is 0.465 e. The molecule has 0 amide bonds. The Kier molecular flexibility index (Phi) is 4.55. The normalized spacial score (nSPS) is 14.7. The van der Waals surface area contributed by atoms with Crippen molar-refractivity contribution in [3.63, 3.8) is 0 Å². The second-order valence-corrected chi connectivity index (χ2v) is 11.4. The maximum absolute atomic E-state index is 6.58. The minimum atomic E-state index is -2.69. The molecule has 0 saturated carbocycles. The molecule has 2 heterocycles. The Morgan fingerprint density at radius 2 is 1.07 bits per heavy atom. The molecule has 0 N–H and O–H groups in total. The van der Waals surface area contributed by atoms with Gasteiger partial charge in [0.05, 0.1) is 0 Å². The lowest BCUT2D eigenvalue weighted by atomic mass is 10.3. The second kappa shape index (κ2) is 6.88. The zero-order chi connectivity index (χ0) is 19.0. The molecule has 0 bridgehead atoms. The summed E-state index contributed by atoms with van der Waals surface area (Å²) in [4.78, 5) is 0. The third-order valence-corrected chi connectivity index (χ3v) is 9.18. The molecule has 0 aliphatic carbocycles. The highest BCUT2D eigenvalue weighted by Gasteiger charge is 2.49. The van der Waals surface area contributed by atoms with E-state index in [2.05, 4.69) is 27.7 Å². The van der Waals surface area contributed by atoms with Crippen molar-refractivity contribution in [1.29, 1.82) is 0 Å².